The van der Waals surface area contributed by atoms with Gasteiger partial charge in [-0.05, 0) is 22.6 Å². The van der Waals surface area contributed by atoms with Gasteiger partial charge < -0.3 is 5.32 Å². The molecular weight excluding hydrogens is 204 g/mol. The SMILES string of the molecule is O=[N+]([O-])c1cc2c(c3ccccc13)CNC2. The van der Waals surface area contributed by atoms with Crippen LogP contribution in [0.15, 0.2) is 30.3 Å². The van der Waals surface area contributed by atoms with Crippen molar-refractivity contribution in [3.63, 3.8) is 0 Å². The fourth-order valence-electron chi connectivity index (χ4n) is 2.31. The molecule has 16 heavy (non-hydrogen) atoms. The molecule has 1 aliphatic heterocycles. The van der Waals surface area contributed by atoms with Crippen molar-refractivity contribution in [3.8, 4) is 0 Å². The Hall–Kier alpha value is -1.94. The maximum absolute atomic E-state index is 11.0. The lowest BCUT2D eigenvalue weighted by Gasteiger charge is -2.05. The van der Waals surface area contributed by atoms with Crippen molar-refractivity contribution in [1.29, 1.82) is 0 Å². The van der Waals surface area contributed by atoms with E-state index in [-0.39, 0.29) is 10.6 Å². The molecule has 2 aromatic carbocycles. The summed E-state index contributed by atoms with van der Waals surface area (Å²) in [5.74, 6) is 0. The second-order valence-corrected chi connectivity index (χ2v) is 3.94. The number of hydrogen-bond acceptors (Lipinski definition) is 3. The van der Waals surface area contributed by atoms with Crippen LogP contribution in [0.1, 0.15) is 11.1 Å². The summed E-state index contributed by atoms with van der Waals surface area (Å²) in [5.41, 5.74) is 2.45. The average molecular weight is 214 g/mol. The molecule has 1 heterocycles. The zero-order chi connectivity index (χ0) is 11.1. The van der Waals surface area contributed by atoms with E-state index >= 15 is 0 Å². The van der Waals surface area contributed by atoms with Crippen LogP contribution < -0.4 is 5.32 Å². The Labute approximate surface area is 92.0 Å². The second kappa shape index (κ2) is 3.28. The van der Waals surface area contributed by atoms with Crippen molar-refractivity contribution < 1.29 is 4.92 Å². The first-order valence-corrected chi connectivity index (χ1v) is 5.16. The third-order valence-corrected chi connectivity index (χ3v) is 3.04. The molecule has 0 radical (unpaired) electrons. The van der Waals surface area contributed by atoms with E-state index in [4.69, 9.17) is 0 Å². The van der Waals surface area contributed by atoms with Gasteiger partial charge in [-0.2, -0.15) is 0 Å². The number of nitrogens with one attached hydrogen (secondary N) is 1. The highest BCUT2D eigenvalue weighted by molar-refractivity contribution is 5.94. The molecule has 1 N–H and O–H groups in total. The van der Waals surface area contributed by atoms with Gasteiger partial charge in [0, 0.05) is 19.2 Å². The minimum Gasteiger partial charge on any atom is -0.309 e. The van der Waals surface area contributed by atoms with Crippen LogP contribution in [0.2, 0.25) is 0 Å². The number of hydrogen-bond donors (Lipinski definition) is 1. The molecule has 2 aromatic rings. The van der Waals surface area contributed by atoms with Crippen LogP contribution in [0.3, 0.4) is 0 Å². The Morgan fingerprint density at radius 1 is 1.19 bits per heavy atom. The maximum atomic E-state index is 11.0. The van der Waals surface area contributed by atoms with Crippen LogP contribution in [-0.2, 0) is 13.1 Å². The molecule has 0 bridgehead atoms. The van der Waals surface area contributed by atoms with E-state index < -0.39 is 0 Å². The molecule has 0 saturated carbocycles. The van der Waals surface area contributed by atoms with Crippen molar-refractivity contribution in [2.45, 2.75) is 13.1 Å². The van der Waals surface area contributed by atoms with Crippen molar-refractivity contribution in [3.05, 3.63) is 51.6 Å². The lowest BCUT2D eigenvalue weighted by atomic mass is 9.99. The van der Waals surface area contributed by atoms with Crippen LogP contribution in [0.25, 0.3) is 10.8 Å². The van der Waals surface area contributed by atoms with Crippen molar-refractivity contribution >= 4 is 16.5 Å². The summed E-state index contributed by atoms with van der Waals surface area (Å²) in [6.07, 6.45) is 0. The normalized spacial score (nSPS) is 14.0. The molecular formula is C12H10N2O2. The Bertz CT molecular complexity index is 593. The van der Waals surface area contributed by atoms with E-state index in [9.17, 15) is 10.1 Å². The predicted octanol–water partition coefficient (Wildman–Crippen LogP) is 2.35. The molecule has 4 heteroatoms. The minimum atomic E-state index is -0.305. The molecule has 0 saturated heterocycles. The second-order valence-electron chi connectivity index (χ2n) is 3.94. The summed E-state index contributed by atoms with van der Waals surface area (Å²) in [5, 5.41) is 16.0. The fourth-order valence-corrected chi connectivity index (χ4v) is 2.31. The highest BCUT2D eigenvalue weighted by Gasteiger charge is 2.20. The Kier molecular flexibility index (Phi) is 1.91. The highest BCUT2D eigenvalue weighted by atomic mass is 16.6. The lowest BCUT2D eigenvalue weighted by Crippen LogP contribution is -2.00. The van der Waals surface area contributed by atoms with Gasteiger partial charge in [0.15, 0.2) is 0 Å². The molecule has 0 amide bonds. The van der Waals surface area contributed by atoms with Gasteiger partial charge in [-0.15, -0.1) is 0 Å². The quantitative estimate of drug-likeness (QED) is 0.585. The van der Waals surface area contributed by atoms with E-state index in [1.807, 2.05) is 24.3 Å². The Balaban J connectivity index is 2.44. The van der Waals surface area contributed by atoms with Crippen LogP contribution in [0.4, 0.5) is 5.69 Å². The van der Waals surface area contributed by atoms with Crippen molar-refractivity contribution in [2.75, 3.05) is 0 Å². The molecule has 3 rings (SSSR count). The smallest absolute Gasteiger partial charge is 0.277 e. The zero-order valence-electron chi connectivity index (χ0n) is 8.56. The van der Waals surface area contributed by atoms with Gasteiger partial charge in [0.05, 0.1) is 10.3 Å². The van der Waals surface area contributed by atoms with Crippen LogP contribution >= 0.6 is 0 Å². The lowest BCUT2D eigenvalue weighted by molar-refractivity contribution is -0.383. The number of benzene rings is 2. The van der Waals surface area contributed by atoms with E-state index in [0.29, 0.717) is 0 Å². The maximum Gasteiger partial charge on any atom is 0.277 e. The van der Waals surface area contributed by atoms with Crippen molar-refractivity contribution in [2.24, 2.45) is 0 Å². The van der Waals surface area contributed by atoms with E-state index in [1.165, 1.54) is 5.56 Å². The van der Waals surface area contributed by atoms with E-state index in [1.54, 1.807) is 6.07 Å². The number of nitro groups is 1. The molecule has 4 nitrogen and oxygen atoms in total. The molecule has 1 aliphatic rings. The van der Waals surface area contributed by atoms with Crippen LogP contribution in [-0.4, -0.2) is 4.92 Å². The van der Waals surface area contributed by atoms with E-state index in [2.05, 4.69) is 5.32 Å². The third kappa shape index (κ3) is 1.20. The Morgan fingerprint density at radius 2 is 1.94 bits per heavy atom. The first-order chi connectivity index (χ1) is 7.77. The molecule has 80 valence electrons. The van der Waals surface area contributed by atoms with Gasteiger partial charge in [0.25, 0.3) is 5.69 Å². The summed E-state index contributed by atoms with van der Waals surface area (Å²) in [6.45, 7) is 1.52. The number of fused-ring (bicyclic) bond motifs is 3. The summed E-state index contributed by atoms with van der Waals surface area (Å²) in [7, 11) is 0. The number of nitro benzene ring substituents is 1. The van der Waals surface area contributed by atoms with Gasteiger partial charge in [0.2, 0.25) is 0 Å². The van der Waals surface area contributed by atoms with Gasteiger partial charge in [-0.3, -0.25) is 10.1 Å². The average Bonchev–Trinajstić information content (AvgIpc) is 2.75. The zero-order valence-corrected chi connectivity index (χ0v) is 8.56. The van der Waals surface area contributed by atoms with Crippen LogP contribution in [0, 0.1) is 10.1 Å². The largest absolute Gasteiger partial charge is 0.309 e. The summed E-state index contributed by atoms with van der Waals surface area (Å²) in [4.78, 5) is 10.7. The predicted molar refractivity (Wildman–Crippen MR) is 61.1 cm³/mol. The monoisotopic (exact) mass is 214 g/mol. The molecule has 0 spiro atoms. The highest BCUT2D eigenvalue weighted by Crippen LogP contribution is 2.33. The van der Waals surface area contributed by atoms with Gasteiger partial charge in [-0.25, -0.2) is 0 Å². The van der Waals surface area contributed by atoms with Gasteiger partial charge in [-0.1, -0.05) is 18.2 Å². The standard InChI is InChI=1S/C12H10N2O2/c15-14(16)12-5-8-6-13-7-11(8)9-3-1-2-4-10(9)12/h1-5,13H,6-7H2. The summed E-state index contributed by atoms with van der Waals surface area (Å²) < 4.78 is 0. The molecule has 0 unspecified atom stereocenters. The van der Waals surface area contributed by atoms with Gasteiger partial charge >= 0.3 is 0 Å². The molecule has 0 atom stereocenters. The minimum absolute atomic E-state index is 0.207. The number of non-ortho nitro benzene ring substituents is 1. The fraction of sp³-hybridized carbons (Fsp3) is 0.167. The molecule has 0 aliphatic carbocycles. The van der Waals surface area contributed by atoms with Crippen molar-refractivity contribution in [1.82, 2.24) is 5.32 Å². The molecule has 0 fully saturated rings. The first-order valence-electron chi connectivity index (χ1n) is 5.16. The van der Waals surface area contributed by atoms with Crippen LogP contribution in [0.5, 0.6) is 0 Å². The topological polar surface area (TPSA) is 55.2 Å². The molecule has 0 aromatic heterocycles. The number of nitrogens with zero attached hydrogens (tertiary/aromatic N) is 1. The first kappa shape index (κ1) is 9.30. The summed E-state index contributed by atoms with van der Waals surface area (Å²) >= 11 is 0. The third-order valence-electron chi connectivity index (χ3n) is 3.04. The Morgan fingerprint density at radius 3 is 2.69 bits per heavy atom. The summed E-state index contributed by atoms with van der Waals surface area (Å²) in [6, 6.07) is 9.21. The number of rotatable bonds is 1. The van der Waals surface area contributed by atoms with E-state index in [0.717, 1.165) is 29.4 Å². The van der Waals surface area contributed by atoms with Gasteiger partial charge in [0.1, 0.15) is 0 Å².